The van der Waals surface area contributed by atoms with E-state index in [1.807, 2.05) is 45.0 Å². The van der Waals surface area contributed by atoms with Crippen LogP contribution in [0.2, 0.25) is 0 Å². The van der Waals surface area contributed by atoms with Crippen molar-refractivity contribution in [3.8, 4) is 0 Å². The molecule has 0 atom stereocenters. The average Bonchev–Trinajstić information content (AvgIpc) is 2.97. The molecule has 0 amide bonds. The van der Waals surface area contributed by atoms with Crippen molar-refractivity contribution in [3.63, 3.8) is 0 Å². The van der Waals surface area contributed by atoms with Gasteiger partial charge in [0.1, 0.15) is 12.1 Å². The van der Waals surface area contributed by atoms with Crippen molar-refractivity contribution >= 4 is 17.0 Å². The Balaban J connectivity index is 1.76. The fourth-order valence-corrected chi connectivity index (χ4v) is 2.52. The number of rotatable bonds is 4. The first kappa shape index (κ1) is 15.2. The van der Waals surface area contributed by atoms with Gasteiger partial charge in [0.15, 0.2) is 0 Å². The monoisotopic (exact) mass is 309 g/mol. The van der Waals surface area contributed by atoms with Gasteiger partial charge in [0.2, 0.25) is 0 Å². The lowest BCUT2D eigenvalue weighted by atomic mass is 10.1. The maximum atomic E-state index is 12.3. The average molecular weight is 309 g/mol. The molecule has 0 aliphatic heterocycles. The van der Waals surface area contributed by atoms with Gasteiger partial charge in [0.25, 0.3) is 0 Å². The molecule has 5 nitrogen and oxygen atoms in total. The molecular formula is C18H19N3O2. The highest BCUT2D eigenvalue weighted by Gasteiger charge is 2.12. The summed E-state index contributed by atoms with van der Waals surface area (Å²) in [7, 11) is 0. The van der Waals surface area contributed by atoms with Crippen LogP contribution in [0.4, 0.5) is 0 Å². The minimum Gasteiger partial charge on any atom is -0.457 e. The van der Waals surface area contributed by atoms with Crippen LogP contribution in [0.1, 0.15) is 34.0 Å². The normalized spacial score (nSPS) is 10.9. The third kappa shape index (κ3) is 3.08. The standard InChI is InChI=1S/C18H19N3O2/c1-4-21-17-8-7-14(10-16(17)19-20-21)18(22)23-11-15-9-12(2)5-6-13(15)3/h5-10H,4,11H2,1-3H3. The third-order valence-electron chi connectivity index (χ3n) is 3.91. The van der Waals surface area contributed by atoms with Gasteiger partial charge in [-0.3, -0.25) is 0 Å². The minimum absolute atomic E-state index is 0.270. The smallest absolute Gasteiger partial charge is 0.338 e. The summed E-state index contributed by atoms with van der Waals surface area (Å²) in [6.07, 6.45) is 0. The van der Waals surface area contributed by atoms with Crippen molar-refractivity contribution in [1.29, 1.82) is 0 Å². The lowest BCUT2D eigenvalue weighted by molar-refractivity contribution is 0.0472. The van der Waals surface area contributed by atoms with Gasteiger partial charge in [-0.25, -0.2) is 9.48 Å². The van der Waals surface area contributed by atoms with Crippen LogP contribution in [0.15, 0.2) is 36.4 Å². The number of aryl methyl sites for hydroxylation is 3. The molecule has 23 heavy (non-hydrogen) atoms. The van der Waals surface area contributed by atoms with Gasteiger partial charge in [-0.15, -0.1) is 5.10 Å². The predicted octanol–water partition coefficient (Wildman–Crippen LogP) is 3.43. The van der Waals surface area contributed by atoms with Crippen molar-refractivity contribution in [2.24, 2.45) is 0 Å². The summed E-state index contributed by atoms with van der Waals surface area (Å²) in [5, 5.41) is 8.13. The Hall–Kier alpha value is -2.69. The summed E-state index contributed by atoms with van der Waals surface area (Å²) in [6, 6.07) is 11.5. The van der Waals surface area contributed by atoms with E-state index in [2.05, 4.69) is 10.3 Å². The van der Waals surface area contributed by atoms with Crippen LogP contribution in [-0.4, -0.2) is 21.0 Å². The molecule has 1 heterocycles. The Labute approximate surface area is 134 Å². The Kier molecular flexibility index (Phi) is 4.10. The molecule has 0 radical (unpaired) electrons. The van der Waals surface area contributed by atoms with E-state index >= 15 is 0 Å². The molecule has 3 rings (SSSR count). The number of ether oxygens (including phenoxy) is 1. The number of esters is 1. The zero-order chi connectivity index (χ0) is 16.4. The molecule has 0 bridgehead atoms. The molecule has 0 aliphatic rings. The zero-order valence-corrected chi connectivity index (χ0v) is 13.5. The highest BCUT2D eigenvalue weighted by Crippen LogP contribution is 2.16. The molecule has 0 saturated carbocycles. The van der Waals surface area contributed by atoms with Gasteiger partial charge < -0.3 is 4.74 Å². The Morgan fingerprint density at radius 1 is 1.17 bits per heavy atom. The number of hydrogen-bond acceptors (Lipinski definition) is 4. The largest absolute Gasteiger partial charge is 0.457 e. The number of carbonyl (C=O) groups is 1. The first-order valence-corrected chi connectivity index (χ1v) is 7.65. The first-order chi connectivity index (χ1) is 11.1. The topological polar surface area (TPSA) is 57.0 Å². The second-order valence-electron chi connectivity index (χ2n) is 5.61. The van der Waals surface area contributed by atoms with E-state index in [1.54, 1.807) is 16.8 Å². The Morgan fingerprint density at radius 3 is 2.78 bits per heavy atom. The summed E-state index contributed by atoms with van der Waals surface area (Å²) in [6.45, 7) is 7.05. The summed E-state index contributed by atoms with van der Waals surface area (Å²) in [5.74, 6) is -0.348. The molecule has 0 aliphatic carbocycles. The molecule has 2 aromatic carbocycles. The number of aromatic nitrogens is 3. The van der Waals surface area contributed by atoms with Gasteiger partial charge >= 0.3 is 5.97 Å². The second kappa shape index (κ2) is 6.20. The van der Waals surface area contributed by atoms with Crippen LogP contribution in [0, 0.1) is 13.8 Å². The lowest BCUT2D eigenvalue weighted by Gasteiger charge is -2.08. The molecule has 0 saturated heterocycles. The Morgan fingerprint density at radius 2 is 2.00 bits per heavy atom. The Bertz CT molecular complexity index is 868. The number of hydrogen-bond donors (Lipinski definition) is 0. The molecule has 3 aromatic rings. The van der Waals surface area contributed by atoms with Crippen LogP contribution < -0.4 is 0 Å². The number of carbonyl (C=O) groups excluding carboxylic acids is 1. The van der Waals surface area contributed by atoms with E-state index < -0.39 is 0 Å². The number of benzene rings is 2. The van der Waals surface area contributed by atoms with Crippen LogP contribution in [0.25, 0.3) is 11.0 Å². The third-order valence-corrected chi connectivity index (χ3v) is 3.91. The first-order valence-electron chi connectivity index (χ1n) is 7.65. The fourth-order valence-electron chi connectivity index (χ4n) is 2.52. The maximum absolute atomic E-state index is 12.3. The molecule has 0 N–H and O–H groups in total. The van der Waals surface area contributed by atoms with E-state index in [4.69, 9.17) is 4.74 Å². The zero-order valence-electron chi connectivity index (χ0n) is 13.5. The molecule has 118 valence electrons. The van der Waals surface area contributed by atoms with E-state index in [0.29, 0.717) is 11.1 Å². The SMILES string of the molecule is CCn1nnc2cc(C(=O)OCc3cc(C)ccc3C)ccc21. The van der Waals surface area contributed by atoms with Gasteiger partial charge in [-0.2, -0.15) is 0 Å². The van der Waals surface area contributed by atoms with Gasteiger partial charge in [0.05, 0.1) is 11.1 Å². The van der Waals surface area contributed by atoms with Crippen molar-refractivity contribution < 1.29 is 9.53 Å². The van der Waals surface area contributed by atoms with Crippen molar-refractivity contribution in [1.82, 2.24) is 15.0 Å². The highest BCUT2D eigenvalue weighted by atomic mass is 16.5. The number of nitrogens with zero attached hydrogens (tertiary/aromatic N) is 3. The van der Waals surface area contributed by atoms with E-state index in [1.165, 1.54) is 0 Å². The molecular weight excluding hydrogens is 290 g/mol. The predicted molar refractivity (Wildman–Crippen MR) is 88.2 cm³/mol. The molecule has 0 unspecified atom stereocenters. The van der Waals surface area contributed by atoms with Crippen LogP contribution in [0.5, 0.6) is 0 Å². The maximum Gasteiger partial charge on any atom is 0.338 e. The number of fused-ring (bicyclic) bond motifs is 1. The van der Waals surface area contributed by atoms with Crippen molar-refractivity contribution in [3.05, 3.63) is 58.7 Å². The van der Waals surface area contributed by atoms with Crippen LogP contribution >= 0.6 is 0 Å². The summed E-state index contributed by atoms with van der Waals surface area (Å²) >= 11 is 0. The molecule has 1 aromatic heterocycles. The van der Waals surface area contributed by atoms with Gasteiger partial charge in [-0.05, 0) is 50.1 Å². The summed E-state index contributed by atoms with van der Waals surface area (Å²) < 4.78 is 7.23. The quantitative estimate of drug-likeness (QED) is 0.693. The fraction of sp³-hybridized carbons (Fsp3) is 0.278. The van der Waals surface area contributed by atoms with Crippen LogP contribution in [0.3, 0.4) is 0 Å². The summed E-state index contributed by atoms with van der Waals surface area (Å²) in [5.41, 5.74) is 5.40. The highest BCUT2D eigenvalue weighted by molar-refractivity contribution is 5.93. The van der Waals surface area contributed by atoms with Gasteiger partial charge in [-0.1, -0.05) is 29.0 Å². The van der Waals surface area contributed by atoms with Crippen LogP contribution in [-0.2, 0) is 17.9 Å². The lowest BCUT2D eigenvalue weighted by Crippen LogP contribution is -2.06. The van der Waals surface area contributed by atoms with Gasteiger partial charge in [0, 0.05) is 6.54 Å². The minimum atomic E-state index is -0.348. The summed E-state index contributed by atoms with van der Waals surface area (Å²) in [4.78, 5) is 12.3. The van der Waals surface area contributed by atoms with Crippen molar-refractivity contribution in [2.45, 2.75) is 33.9 Å². The van der Waals surface area contributed by atoms with Crippen molar-refractivity contribution in [2.75, 3.05) is 0 Å². The van der Waals surface area contributed by atoms with E-state index in [0.717, 1.165) is 28.8 Å². The molecule has 5 heteroatoms. The second-order valence-corrected chi connectivity index (χ2v) is 5.61. The van der Waals surface area contributed by atoms with E-state index in [-0.39, 0.29) is 12.6 Å². The van der Waals surface area contributed by atoms with E-state index in [9.17, 15) is 4.79 Å². The molecule has 0 spiro atoms. The molecule has 0 fully saturated rings.